The normalized spacial score (nSPS) is 17.7. The predicted octanol–water partition coefficient (Wildman–Crippen LogP) is 4.05. The SMILES string of the molecule is CC(C)Oc1cc(N)cc(NC(C)C2CCCC2)c1. The Hall–Kier alpha value is -1.38. The number of anilines is 2. The highest BCUT2D eigenvalue weighted by atomic mass is 16.5. The van der Waals surface area contributed by atoms with Gasteiger partial charge in [0, 0.05) is 29.5 Å². The Kier molecular flexibility index (Phi) is 4.56. The molecule has 0 radical (unpaired) electrons. The summed E-state index contributed by atoms with van der Waals surface area (Å²) < 4.78 is 5.72. The second kappa shape index (κ2) is 6.18. The van der Waals surface area contributed by atoms with Gasteiger partial charge in [-0.1, -0.05) is 12.8 Å². The van der Waals surface area contributed by atoms with Gasteiger partial charge < -0.3 is 15.8 Å². The van der Waals surface area contributed by atoms with Crippen LogP contribution in [0.5, 0.6) is 5.75 Å². The van der Waals surface area contributed by atoms with Crippen LogP contribution in [-0.4, -0.2) is 12.1 Å². The molecule has 0 heterocycles. The van der Waals surface area contributed by atoms with Gasteiger partial charge in [0.05, 0.1) is 6.10 Å². The molecule has 2 rings (SSSR count). The van der Waals surface area contributed by atoms with E-state index in [1.165, 1.54) is 25.7 Å². The quantitative estimate of drug-likeness (QED) is 0.787. The summed E-state index contributed by atoms with van der Waals surface area (Å²) in [5, 5.41) is 3.58. The van der Waals surface area contributed by atoms with Crippen molar-refractivity contribution in [2.75, 3.05) is 11.1 Å². The summed E-state index contributed by atoms with van der Waals surface area (Å²) in [4.78, 5) is 0. The number of hydrogen-bond acceptors (Lipinski definition) is 3. The topological polar surface area (TPSA) is 47.3 Å². The van der Waals surface area contributed by atoms with E-state index in [4.69, 9.17) is 10.5 Å². The largest absolute Gasteiger partial charge is 0.491 e. The molecule has 1 saturated carbocycles. The molecule has 106 valence electrons. The van der Waals surface area contributed by atoms with Gasteiger partial charge in [-0.25, -0.2) is 0 Å². The maximum absolute atomic E-state index is 5.94. The summed E-state index contributed by atoms with van der Waals surface area (Å²) in [7, 11) is 0. The van der Waals surface area contributed by atoms with E-state index in [-0.39, 0.29) is 6.10 Å². The fraction of sp³-hybridized carbons (Fsp3) is 0.625. The van der Waals surface area contributed by atoms with E-state index in [0.29, 0.717) is 6.04 Å². The average molecular weight is 262 g/mol. The van der Waals surface area contributed by atoms with E-state index < -0.39 is 0 Å². The zero-order chi connectivity index (χ0) is 13.8. The van der Waals surface area contributed by atoms with E-state index in [2.05, 4.69) is 12.2 Å². The molecular weight excluding hydrogens is 236 g/mol. The molecule has 0 aliphatic heterocycles. The molecule has 0 amide bonds. The Morgan fingerprint density at radius 3 is 2.47 bits per heavy atom. The van der Waals surface area contributed by atoms with Crippen LogP contribution in [0.1, 0.15) is 46.5 Å². The van der Waals surface area contributed by atoms with Crippen LogP contribution in [-0.2, 0) is 0 Å². The van der Waals surface area contributed by atoms with Gasteiger partial charge in [0.25, 0.3) is 0 Å². The standard InChI is InChI=1S/C16H26N2O/c1-11(2)19-16-9-14(17)8-15(10-16)18-12(3)13-6-4-5-7-13/h8-13,18H,4-7,17H2,1-3H3. The average Bonchev–Trinajstić information content (AvgIpc) is 2.79. The number of hydrogen-bond donors (Lipinski definition) is 2. The lowest BCUT2D eigenvalue weighted by atomic mass is 9.99. The van der Waals surface area contributed by atoms with Gasteiger partial charge in [-0.15, -0.1) is 0 Å². The fourth-order valence-corrected chi connectivity index (χ4v) is 2.88. The summed E-state index contributed by atoms with van der Waals surface area (Å²) in [6.45, 7) is 6.32. The van der Waals surface area contributed by atoms with E-state index in [0.717, 1.165) is 23.0 Å². The molecule has 1 aliphatic rings. The number of ether oxygens (including phenoxy) is 1. The fourth-order valence-electron chi connectivity index (χ4n) is 2.88. The second-order valence-electron chi connectivity index (χ2n) is 5.93. The van der Waals surface area contributed by atoms with Crippen molar-refractivity contribution in [3.63, 3.8) is 0 Å². The minimum atomic E-state index is 0.168. The molecule has 0 spiro atoms. The van der Waals surface area contributed by atoms with Crippen molar-refractivity contribution in [1.29, 1.82) is 0 Å². The summed E-state index contributed by atoms with van der Waals surface area (Å²) in [6.07, 6.45) is 5.59. The zero-order valence-corrected chi connectivity index (χ0v) is 12.3. The van der Waals surface area contributed by atoms with Gasteiger partial charge in [-0.3, -0.25) is 0 Å². The van der Waals surface area contributed by atoms with Crippen molar-refractivity contribution in [3.8, 4) is 5.75 Å². The molecule has 0 saturated heterocycles. The Morgan fingerprint density at radius 2 is 1.84 bits per heavy atom. The van der Waals surface area contributed by atoms with Crippen molar-refractivity contribution in [2.24, 2.45) is 5.92 Å². The number of benzene rings is 1. The second-order valence-corrected chi connectivity index (χ2v) is 5.93. The number of nitrogens with one attached hydrogen (secondary N) is 1. The van der Waals surface area contributed by atoms with Crippen molar-refractivity contribution in [1.82, 2.24) is 0 Å². The van der Waals surface area contributed by atoms with Gasteiger partial charge in [0.1, 0.15) is 5.75 Å². The molecule has 3 nitrogen and oxygen atoms in total. The highest BCUT2D eigenvalue weighted by Crippen LogP contribution is 2.30. The third-order valence-electron chi connectivity index (χ3n) is 3.80. The van der Waals surface area contributed by atoms with Crippen LogP contribution in [0.15, 0.2) is 18.2 Å². The van der Waals surface area contributed by atoms with Crippen LogP contribution >= 0.6 is 0 Å². The third kappa shape index (κ3) is 4.05. The van der Waals surface area contributed by atoms with Crippen LogP contribution in [0.25, 0.3) is 0 Å². The maximum atomic E-state index is 5.94. The van der Waals surface area contributed by atoms with Crippen molar-refractivity contribution in [2.45, 2.75) is 58.6 Å². The number of nitrogens with two attached hydrogens (primary N) is 1. The van der Waals surface area contributed by atoms with Gasteiger partial charge in [-0.2, -0.15) is 0 Å². The van der Waals surface area contributed by atoms with Crippen LogP contribution in [0.4, 0.5) is 11.4 Å². The predicted molar refractivity (Wildman–Crippen MR) is 81.7 cm³/mol. The van der Waals surface area contributed by atoms with E-state index in [1.54, 1.807) is 0 Å². The first-order valence-corrected chi connectivity index (χ1v) is 7.38. The Bertz CT molecular complexity index is 411. The molecule has 0 aromatic heterocycles. The molecule has 3 N–H and O–H groups in total. The first kappa shape index (κ1) is 14.0. The summed E-state index contributed by atoms with van der Waals surface area (Å²) in [5.74, 6) is 1.63. The van der Waals surface area contributed by atoms with Crippen LogP contribution in [0.2, 0.25) is 0 Å². The summed E-state index contributed by atoms with van der Waals surface area (Å²) in [6, 6.07) is 6.41. The molecule has 1 unspecified atom stereocenters. The molecule has 1 aromatic carbocycles. The Balaban J connectivity index is 2.04. The smallest absolute Gasteiger partial charge is 0.123 e. The molecule has 1 atom stereocenters. The van der Waals surface area contributed by atoms with Gasteiger partial charge in [-0.05, 0) is 45.6 Å². The Labute approximate surface area is 116 Å². The van der Waals surface area contributed by atoms with E-state index in [9.17, 15) is 0 Å². The molecule has 1 aliphatic carbocycles. The van der Waals surface area contributed by atoms with Gasteiger partial charge in [0.15, 0.2) is 0 Å². The lowest BCUT2D eigenvalue weighted by Gasteiger charge is -2.22. The van der Waals surface area contributed by atoms with E-state index >= 15 is 0 Å². The highest BCUT2D eigenvalue weighted by Gasteiger charge is 2.21. The van der Waals surface area contributed by atoms with Crippen molar-refractivity contribution in [3.05, 3.63) is 18.2 Å². The first-order chi connectivity index (χ1) is 9.04. The third-order valence-corrected chi connectivity index (χ3v) is 3.80. The lowest BCUT2D eigenvalue weighted by molar-refractivity contribution is 0.242. The Morgan fingerprint density at radius 1 is 1.16 bits per heavy atom. The first-order valence-electron chi connectivity index (χ1n) is 7.38. The van der Waals surface area contributed by atoms with Crippen LogP contribution in [0, 0.1) is 5.92 Å². The highest BCUT2D eigenvalue weighted by molar-refractivity contribution is 5.59. The van der Waals surface area contributed by atoms with Crippen LogP contribution in [0.3, 0.4) is 0 Å². The minimum Gasteiger partial charge on any atom is -0.491 e. The molecule has 0 bridgehead atoms. The summed E-state index contributed by atoms with van der Waals surface area (Å²) >= 11 is 0. The molecule has 3 heteroatoms. The lowest BCUT2D eigenvalue weighted by Crippen LogP contribution is -2.23. The molecule has 1 aromatic rings. The summed E-state index contributed by atoms with van der Waals surface area (Å²) in [5.41, 5.74) is 7.76. The maximum Gasteiger partial charge on any atom is 0.123 e. The van der Waals surface area contributed by atoms with E-state index in [1.807, 2.05) is 32.0 Å². The monoisotopic (exact) mass is 262 g/mol. The molecular formula is C16H26N2O. The van der Waals surface area contributed by atoms with Crippen molar-refractivity contribution >= 4 is 11.4 Å². The van der Waals surface area contributed by atoms with Crippen LogP contribution < -0.4 is 15.8 Å². The van der Waals surface area contributed by atoms with Crippen molar-refractivity contribution < 1.29 is 4.74 Å². The van der Waals surface area contributed by atoms with Gasteiger partial charge in [0.2, 0.25) is 0 Å². The zero-order valence-electron chi connectivity index (χ0n) is 12.3. The number of rotatable bonds is 5. The molecule has 1 fully saturated rings. The molecule has 19 heavy (non-hydrogen) atoms. The van der Waals surface area contributed by atoms with Gasteiger partial charge >= 0.3 is 0 Å². The number of nitrogen functional groups attached to an aromatic ring is 1. The minimum absolute atomic E-state index is 0.168.